The lowest BCUT2D eigenvalue weighted by Crippen LogP contribution is -2.32. The van der Waals surface area contributed by atoms with Crippen molar-refractivity contribution >= 4 is 17.4 Å². The Hall–Kier alpha value is -2.71. The van der Waals surface area contributed by atoms with Crippen molar-refractivity contribution in [3.63, 3.8) is 0 Å². The molecule has 0 radical (unpaired) electrons. The Morgan fingerprint density at radius 3 is 2.48 bits per heavy atom. The first-order valence-corrected chi connectivity index (χ1v) is 9.48. The fraction of sp³-hybridized carbons (Fsp3) is 0.200. The van der Waals surface area contributed by atoms with Crippen LogP contribution in [0.15, 0.2) is 60.9 Å². The van der Waals surface area contributed by atoms with Gasteiger partial charge in [0.1, 0.15) is 6.07 Å². The maximum Gasteiger partial charge on any atom is 0.101 e. The Bertz CT molecular complexity index is 902. The van der Waals surface area contributed by atoms with Gasteiger partial charge in [-0.25, -0.2) is 4.68 Å². The molecule has 1 saturated heterocycles. The van der Waals surface area contributed by atoms with Gasteiger partial charge in [0.25, 0.3) is 0 Å². The summed E-state index contributed by atoms with van der Waals surface area (Å²) in [5.74, 6) is 2.40. The molecular weight excluding hydrogens is 328 g/mol. The van der Waals surface area contributed by atoms with Gasteiger partial charge in [-0.1, -0.05) is 24.3 Å². The molecule has 0 saturated carbocycles. The number of rotatable bonds is 3. The van der Waals surface area contributed by atoms with Crippen LogP contribution in [-0.4, -0.2) is 34.4 Å². The Labute approximate surface area is 151 Å². The average molecular weight is 346 g/mol. The molecule has 25 heavy (non-hydrogen) atoms. The minimum Gasteiger partial charge on any atom is -0.370 e. The zero-order chi connectivity index (χ0) is 17.1. The summed E-state index contributed by atoms with van der Waals surface area (Å²) < 4.78 is 1.77. The van der Waals surface area contributed by atoms with E-state index < -0.39 is 0 Å². The normalized spacial score (nSPS) is 14.3. The highest BCUT2D eigenvalue weighted by Crippen LogP contribution is 2.25. The maximum absolute atomic E-state index is 9.26. The lowest BCUT2D eigenvalue weighted by atomic mass is 10.1. The number of benzene rings is 2. The second-order valence-corrected chi connectivity index (χ2v) is 7.17. The Kier molecular flexibility index (Phi) is 4.45. The number of nitrogens with zero attached hydrogens (tertiary/aromatic N) is 4. The number of nitriles is 1. The molecule has 1 aliphatic rings. The van der Waals surface area contributed by atoms with Crippen molar-refractivity contribution < 1.29 is 0 Å². The van der Waals surface area contributed by atoms with Gasteiger partial charge in [0.2, 0.25) is 0 Å². The van der Waals surface area contributed by atoms with E-state index >= 15 is 0 Å². The van der Waals surface area contributed by atoms with Crippen LogP contribution in [0.1, 0.15) is 5.56 Å². The molecule has 0 amide bonds. The van der Waals surface area contributed by atoms with E-state index in [1.54, 1.807) is 4.68 Å². The monoisotopic (exact) mass is 346 g/mol. The first-order chi connectivity index (χ1) is 12.3. The van der Waals surface area contributed by atoms with E-state index in [0.717, 1.165) is 29.9 Å². The molecule has 1 fully saturated rings. The number of hydrogen-bond donors (Lipinski definition) is 0. The molecule has 0 atom stereocenters. The predicted molar refractivity (Wildman–Crippen MR) is 103 cm³/mol. The molecule has 0 N–H and O–H groups in total. The summed E-state index contributed by atoms with van der Waals surface area (Å²) >= 11 is 2.02. The van der Waals surface area contributed by atoms with Gasteiger partial charge in [0.05, 0.1) is 17.4 Å². The van der Waals surface area contributed by atoms with Crippen molar-refractivity contribution in [2.75, 3.05) is 29.5 Å². The summed E-state index contributed by atoms with van der Waals surface area (Å²) in [5.41, 5.74) is 4.89. The molecule has 2 heterocycles. The maximum atomic E-state index is 9.26. The second-order valence-electron chi connectivity index (χ2n) is 5.95. The van der Waals surface area contributed by atoms with Crippen LogP contribution in [0.4, 0.5) is 5.69 Å². The topological polar surface area (TPSA) is 44.9 Å². The fourth-order valence-electron chi connectivity index (χ4n) is 3.06. The van der Waals surface area contributed by atoms with Gasteiger partial charge in [-0.2, -0.15) is 22.1 Å². The highest BCUT2D eigenvalue weighted by Gasteiger charge is 2.12. The number of hydrogen-bond acceptors (Lipinski definition) is 4. The van der Waals surface area contributed by atoms with Crippen molar-refractivity contribution in [2.45, 2.75) is 0 Å². The summed E-state index contributed by atoms with van der Waals surface area (Å²) in [4.78, 5) is 2.44. The quantitative estimate of drug-likeness (QED) is 0.720. The van der Waals surface area contributed by atoms with Crippen LogP contribution in [0.2, 0.25) is 0 Å². The summed E-state index contributed by atoms with van der Waals surface area (Å²) in [6.45, 7) is 2.24. The van der Waals surface area contributed by atoms with Crippen molar-refractivity contribution in [3.05, 3.63) is 66.5 Å². The third-order valence-electron chi connectivity index (χ3n) is 4.43. The number of aromatic nitrogens is 2. The highest BCUT2D eigenvalue weighted by atomic mass is 32.2. The molecule has 0 aliphatic carbocycles. The first kappa shape index (κ1) is 15.8. The van der Waals surface area contributed by atoms with E-state index in [1.807, 2.05) is 48.4 Å². The molecule has 3 aromatic rings. The Morgan fingerprint density at radius 1 is 0.960 bits per heavy atom. The van der Waals surface area contributed by atoms with Gasteiger partial charge in [0.15, 0.2) is 0 Å². The van der Waals surface area contributed by atoms with E-state index in [0.29, 0.717) is 5.56 Å². The van der Waals surface area contributed by atoms with Crippen LogP contribution < -0.4 is 4.90 Å². The molecule has 1 aliphatic heterocycles. The smallest absolute Gasteiger partial charge is 0.101 e. The number of thioether (sulfide) groups is 1. The van der Waals surface area contributed by atoms with Gasteiger partial charge in [-0.05, 0) is 29.8 Å². The Morgan fingerprint density at radius 2 is 1.72 bits per heavy atom. The summed E-state index contributed by atoms with van der Waals surface area (Å²) in [7, 11) is 0. The number of para-hydroxylation sites is 1. The molecule has 124 valence electrons. The molecule has 0 spiro atoms. The second kappa shape index (κ2) is 7.04. The molecule has 1 aromatic heterocycles. The van der Waals surface area contributed by atoms with Crippen molar-refractivity contribution in [3.8, 4) is 22.9 Å². The van der Waals surface area contributed by atoms with Crippen LogP contribution >= 0.6 is 11.8 Å². The SMILES string of the molecule is N#Cc1ccccc1-n1cc(-c2ccc(N3CCSCC3)cc2)cn1. The fourth-order valence-corrected chi connectivity index (χ4v) is 3.96. The van der Waals surface area contributed by atoms with E-state index in [2.05, 4.69) is 40.3 Å². The van der Waals surface area contributed by atoms with Crippen LogP contribution in [0.3, 0.4) is 0 Å². The molecule has 4 rings (SSSR count). The van der Waals surface area contributed by atoms with Crippen LogP contribution in [0.25, 0.3) is 16.8 Å². The molecule has 0 unspecified atom stereocenters. The van der Waals surface area contributed by atoms with Gasteiger partial charge in [0, 0.05) is 42.0 Å². The van der Waals surface area contributed by atoms with Crippen molar-refractivity contribution in [1.82, 2.24) is 9.78 Å². The van der Waals surface area contributed by atoms with Crippen LogP contribution in [0.5, 0.6) is 0 Å². The van der Waals surface area contributed by atoms with Crippen molar-refractivity contribution in [2.24, 2.45) is 0 Å². The average Bonchev–Trinajstić information content (AvgIpc) is 3.19. The summed E-state index contributed by atoms with van der Waals surface area (Å²) in [5, 5.41) is 13.7. The third-order valence-corrected chi connectivity index (χ3v) is 5.37. The predicted octanol–water partition coefficient (Wildman–Crippen LogP) is 3.96. The highest BCUT2D eigenvalue weighted by molar-refractivity contribution is 7.99. The largest absolute Gasteiger partial charge is 0.370 e. The molecular formula is C20H18N4S. The zero-order valence-corrected chi connectivity index (χ0v) is 14.6. The summed E-state index contributed by atoms with van der Waals surface area (Å²) in [6.07, 6.45) is 3.82. The third kappa shape index (κ3) is 3.26. The lowest BCUT2D eigenvalue weighted by molar-refractivity contribution is 0.859. The first-order valence-electron chi connectivity index (χ1n) is 8.32. The summed E-state index contributed by atoms with van der Waals surface area (Å²) in [6, 6.07) is 18.4. The molecule has 5 heteroatoms. The van der Waals surface area contributed by atoms with E-state index in [-0.39, 0.29) is 0 Å². The Balaban J connectivity index is 1.59. The molecule has 0 bridgehead atoms. The standard InChI is InChI=1S/C20H18N4S/c21-13-17-3-1-2-4-20(17)24-15-18(14-22-24)16-5-7-19(8-6-16)23-9-11-25-12-10-23/h1-8,14-15H,9-12H2. The van der Waals surface area contributed by atoms with Crippen LogP contribution in [-0.2, 0) is 0 Å². The molecule has 4 nitrogen and oxygen atoms in total. The number of anilines is 1. The van der Waals surface area contributed by atoms with E-state index in [1.165, 1.54) is 17.2 Å². The van der Waals surface area contributed by atoms with Gasteiger partial charge in [-0.15, -0.1) is 0 Å². The lowest BCUT2D eigenvalue weighted by Gasteiger charge is -2.28. The minimum absolute atomic E-state index is 0.621. The van der Waals surface area contributed by atoms with E-state index in [4.69, 9.17) is 0 Å². The minimum atomic E-state index is 0.621. The molecule has 2 aromatic carbocycles. The van der Waals surface area contributed by atoms with Crippen molar-refractivity contribution in [1.29, 1.82) is 5.26 Å². The van der Waals surface area contributed by atoms with Gasteiger partial charge < -0.3 is 4.90 Å². The van der Waals surface area contributed by atoms with Gasteiger partial charge >= 0.3 is 0 Å². The van der Waals surface area contributed by atoms with E-state index in [9.17, 15) is 5.26 Å². The van der Waals surface area contributed by atoms with Crippen LogP contribution in [0, 0.1) is 11.3 Å². The zero-order valence-electron chi connectivity index (χ0n) is 13.8. The van der Waals surface area contributed by atoms with Gasteiger partial charge in [-0.3, -0.25) is 0 Å².